The standard InChI is InChI=1S/C17H23N3O2S/c18-11-14-5-7-15(8-6-14)13-23(21,22)19-16-9-10-20(12-16)17-3-1-2-4-17/h5-8,16-17,19H,1-4,9-10,12-13H2. The van der Waals surface area contributed by atoms with Crippen molar-refractivity contribution in [2.24, 2.45) is 0 Å². The second-order valence-corrected chi connectivity index (χ2v) is 8.36. The van der Waals surface area contributed by atoms with E-state index in [9.17, 15) is 8.42 Å². The minimum atomic E-state index is -3.34. The average Bonchev–Trinajstić information content (AvgIpc) is 3.18. The van der Waals surface area contributed by atoms with Crippen LogP contribution in [-0.4, -0.2) is 38.5 Å². The van der Waals surface area contributed by atoms with Gasteiger partial charge < -0.3 is 0 Å². The highest BCUT2D eigenvalue weighted by atomic mass is 32.2. The Labute approximate surface area is 138 Å². The second-order valence-electron chi connectivity index (χ2n) is 6.60. The minimum Gasteiger partial charge on any atom is -0.299 e. The summed E-state index contributed by atoms with van der Waals surface area (Å²) < 4.78 is 27.5. The van der Waals surface area contributed by atoms with Crippen molar-refractivity contribution in [3.8, 4) is 6.07 Å². The maximum Gasteiger partial charge on any atom is 0.216 e. The summed E-state index contributed by atoms with van der Waals surface area (Å²) in [5.41, 5.74) is 1.25. The van der Waals surface area contributed by atoms with Gasteiger partial charge in [-0.2, -0.15) is 5.26 Å². The Morgan fingerprint density at radius 3 is 2.52 bits per heavy atom. The van der Waals surface area contributed by atoms with E-state index in [1.807, 2.05) is 6.07 Å². The highest BCUT2D eigenvalue weighted by Crippen LogP contribution is 2.26. The van der Waals surface area contributed by atoms with Crippen molar-refractivity contribution in [3.05, 3.63) is 35.4 Å². The van der Waals surface area contributed by atoms with Crippen molar-refractivity contribution in [2.45, 2.75) is 49.9 Å². The van der Waals surface area contributed by atoms with E-state index in [-0.39, 0.29) is 11.8 Å². The molecular formula is C17H23N3O2S. The zero-order chi connectivity index (χ0) is 16.3. The van der Waals surface area contributed by atoms with Gasteiger partial charge in [0, 0.05) is 25.2 Å². The van der Waals surface area contributed by atoms with Crippen LogP contribution < -0.4 is 4.72 Å². The van der Waals surface area contributed by atoms with Gasteiger partial charge in [-0.25, -0.2) is 13.1 Å². The molecule has 1 unspecified atom stereocenters. The third-order valence-electron chi connectivity index (χ3n) is 4.85. The highest BCUT2D eigenvalue weighted by molar-refractivity contribution is 7.88. The Morgan fingerprint density at radius 1 is 1.17 bits per heavy atom. The number of rotatable bonds is 5. The number of nitrogens with one attached hydrogen (secondary N) is 1. The molecular weight excluding hydrogens is 310 g/mol. The topological polar surface area (TPSA) is 73.2 Å². The van der Waals surface area contributed by atoms with E-state index < -0.39 is 10.0 Å². The summed E-state index contributed by atoms with van der Waals surface area (Å²) in [6, 6.07) is 9.44. The van der Waals surface area contributed by atoms with Crippen LogP contribution in [0.15, 0.2) is 24.3 Å². The molecule has 0 spiro atoms. The lowest BCUT2D eigenvalue weighted by atomic mass is 10.2. The van der Waals surface area contributed by atoms with Crippen molar-refractivity contribution < 1.29 is 8.42 Å². The van der Waals surface area contributed by atoms with Gasteiger partial charge in [0.2, 0.25) is 10.0 Å². The predicted molar refractivity (Wildman–Crippen MR) is 89.2 cm³/mol. The molecule has 1 saturated heterocycles. The highest BCUT2D eigenvalue weighted by Gasteiger charge is 2.31. The maximum absolute atomic E-state index is 12.3. The molecule has 6 heteroatoms. The minimum absolute atomic E-state index is 0.0268. The number of hydrogen-bond donors (Lipinski definition) is 1. The van der Waals surface area contributed by atoms with E-state index in [1.54, 1.807) is 24.3 Å². The van der Waals surface area contributed by atoms with Crippen LogP contribution in [0.4, 0.5) is 0 Å². The Morgan fingerprint density at radius 2 is 1.87 bits per heavy atom. The van der Waals surface area contributed by atoms with E-state index in [0.717, 1.165) is 19.5 Å². The number of benzene rings is 1. The van der Waals surface area contributed by atoms with Crippen LogP contribution in [-0.2, 0) is 15.8 Å². The molecule has 1 aromatic rings. The van der Waals surface area contributed by atoms with Crippen molar-refractivity contribution in [3.63, 3.8) is 0 Å². The molecule has 0 aromatic heterocycles. The largest absolute Gasteiger partial charge is 0.299 e. The lowest BCUT2D eigenvalue weighted by molar-refractivity contribution is 0.242. The van der Waals surface area contributed by atoms with Crippen LogP contribution in [0.25, 0.3) is 0 Å². The molecule has 1 aliphatic heterocycles. The van der Waals surface area contributed by atoms with Crippen molar-refractivity contribution in [1.82, 2.24) is 9.62 Å². The van der Waals surface area contributed by atoms with E-state index >= 15 is 0 Å². The van der Waals surface area contributed by atoms with Crippen LogP contribution in [0.3, 0.4) is 0 Å². The summed E-state index contributed by atoms with van der Waals surface area (Å²) in [5, 5.41) is 8.78. The Kier molecular flexibility index (Phi) is 5.00. The summed E-state index contributed by atoms with van der Waals surface area (Å²) in [5.74, 6) is -0.0291. The van der Waals surface area contributed by atoms with Gasteiger partial charge >= 0.3 is 0 Å². The second kappa shape index (κ2) is 7.00. The molecule has 0 amide bonds. The third kappa shape index (κ3) is 4.31. The number of nitriles is 1. The molecule has 1 aliphatic carbocycles. The molecule has 124 valence electrons. The van der Waals surface area contributed by atoms with Crippen molar-refractivity contribution >= 4 is 10.0 Å². The first kappa shape index (κ1) is 16.4. The Bertz CT molecular complexity index is 673. The maximum atomic E-state index is 12.3. The number of nitrogens with zero attached hydrogens (tertiary/aromatic N) is 2. The Hall–Kier alpha value is -1.42. The predicted octanol–water partition coefficient (Wildman–Crippen LogP) is 1.99. The number of likely N-dealkylation sites (tertiary alicyclic amines) is 1. The van der Waals surface area contributed by atoms with Crippen LogP contribution >= 0.6 is 0 Å². The lowest BCUT2D eigenvalue weighted by Crippen LogP contribution is -2.39. The van der Waals surface area contributed by atoms with Crippen LogP contribution in [0.1, 0.15) is 43.2 Å². The monoisotopic (exact) mass is 333 g/mol. The molecule has 1 N–H and O–H groups in total. The summed E-state index contributed by atoms with van der Waals surface area (Å²) in [4.78, 5) is 2.45. The quantitative estimate of drug-likeness (QED) is 0.894. The van der Waals surface area contributed by atoms with Gasteiger partial charge in [-0.3, -0.25) is 4.90 Å². The van der Waals surface area contributed by atoms with Gasteiger partial charge in [0.05, 0.1) is 17.4 Å². The first-order chi connectivity index (χ1) is 11.1. The molecule has 0 bridgehead atoms. The van der Waals surface area contributed by atoms with Gasteiger partial charge in [-0.05, 0) is 37.0 Å². The normalized spacial score (nSPS) is 23.2. The molecule has 3 rings (SSSR count). The zero-order valence-electron chi connectivity index (χ0n) is 13.2. The summed E-state index contributed by atoms with van der Waals surface area (Å²) in [6.07, 6.45) is 6.00. The van der Waals surface area contributed by atoms with E-state index in [1.165, 1.54) is 25.7 Å². The van der Waals surface area contributed by atoms with Crippen LogP contribution in [0.2, 0.25) is 0 Å². The fourth-order valence-electron chi connectivity index (χ4n) is 3.68. The van der Waals surface area contributed by atoms with Crippen LogP contribution in [0.5, 0.6) is 0 Å². The van der Waals surface area contributed by atoms with Crippen molar-refractivity contribution in [1.29, 1.82) is 5.26 Å². The summed E-state index contributed by atoms with van der Waals surface area (Å²) in [7, 11) is -3.34. The average molecular weight is 333 g/mol. The fourth-order valence-corrected chi connectivity index (χ4v) is 5.09. The first-order valence-electron chi connectivity index (χ1n) is 8.29. The molecule has 23 heavy (non-hydrogen) atoms. The molecule has 1 heterocycles. The molecule has 2 fully saturated rings. The van der Waals surface area contributed by atoms with E-state index in [2.05, 4.69) is 9.62 Å². The number of hydrogen-bond acceptors (Lipinski definition) is 4. The van der Waals surface area contributed by atoms with E-state index in [4.69, 9.17) is 5.26 Å². The lowest BCUT2D eigenvalue weighted by Gasteiger charge is -2.23. The molecule has 0 radical (unpaired) electrons. The van der Waals surface area contributed by atoms with Crippen molar-refractivity contribution in [2.75, 3.05) is 13.1 Å². The zero-order valence-corrected chi connectivity index (χ0v) is 14.1. The molecule has 2 aliphatic rings. The van der Waals surface area contributed by atoms with Gasteiger partial charge in [-0.15, -0.1) is 0 Å². The van der Waals surface area contributed by atoms with Gasteiger partial charge in [0.15, 0.2) is 0 Å². The molecule has 1 saturated carbocycles. The van der Waals surface area contributed by atoms with Gasteiger partial charge in [-0.1, -0.05) is 25.0 Å². The number of sulfonamides is 1. The SMILES string of the molecule is N#Cc1ccc(CS(=O)(=O)NC2CCN(C3CCCC3)C2)cc1. The van der Waals surface area contributed by atoms with Gasteiger partial charge in [0.25, 0.3) is 0 Å². The van der Waals surface area contributed by atoms with E-state index in [0.29, 0.717) is 17.2 Å². The molecule has 1 atom stereocenters. The fraction of sp³-hybridized carbons (Fsp3) is 0.588. The summed E-state index contributed by atoms with van der Waals surface area (Å²) in [6.45, 7) is 1.83. The van der Waals surface area contributed by atoms with Gasteiger partial charge in [0.1, 0.15) is 0 Å². The third-order valence-corrected chi connectivity index (χ3v) is 6.25. The first-order valence-corrected chi connectivity index (χ1v) is 9.94. The molecule has 1 aromatic carbocycles. The Balaban J connectivity index is 1.55. The smallest absolute Gasteiger partial charge is 0.216 e. The molecule has 5 nitrogen and oxygen atoms in total. The van der Waals surface area contributed by atoms with Crippen LogP contribution in [0, 0.1) is 11.3 Å². The summed E-state index contributed by atoms with van der Waals surface area (Å²) >= 11 is 0.